The first kappa shape index (κ1) is 13.3. The summed E-state index contributed by atoms with van der Waals surface area (Å²) in [7, 11) is 1.52. The second-order valence-electron chi connectivity index (χ2n) is 4.57. The van der Waals surface area contributed by atoms with E-state index in [-0.39, 0.29) is 30.7 Å². The average Bonchev–Trinajstić information content (AvgIpc) is 2.94. The quantitative estimate of drug-likeness (QED) is 0.922. The van der Waals surface area contributed by atoms with Gasteiger partial charge in [0.05, 0.1) is 11.4 Å². The predicted octanol–water partition coefficient (Wildman–Crippen LogP) is 1.42. The summed E-state index contributed by atoms with van der Waals surface area (Å²) in [6, 6.07) is 8.62. The smallest absolute Gasteiger partial charge is 0.281 e. The first-order chi connectivity index (χ1) is 10.2. The van der Waals surface area contributed by atoms with Crippen LogP contribution in [0.15, 0.2) is 34.9 Å². The maximum atomic E-state index is 12.5. The molecule has 3 rings (SSSR count). The lowest BCUT2D eigenvalue weighted by atomic mass is 10.2. The van der Waals surface area contributed by atoms with Crippen molar-refractivity contribution in [2.24, 2.45) is 0 Å². The first-order valence-electron chi connectivity index (χ1n) is 6.34. The number of anilines is 2. The van der Waals surface area contributed by atoms with Gasteiger partial charge in [0.15, 0.2) is 11.5 Å². The molecule has 0 saturated carbocycles. The molecule has 108 valence electrons. The fraction of sp³-hybridized carbons (Fsp3) is 0.214. The van der Waals surface area contributed by atoms with Crippen molar-refractivity contribution in [1.29, 1.82) is 0 Å². The molecule has 0 unspecified atom stereocenters. The third kappa shape index (κ3) is 2.50. The molecule has 21 heavy (non-hydrogen) atoms. The number of carbonyl (C=O) groups excluding carboxylic acids is 2. The third-order valence-electron chi connectivity index (χ3n) is 3.08. The van der Waals surface area contributed by atoms with Crippen LogP contribution in [0.2, 0.25) is 0 Å². The molecule has 1 aliphatic rings. The normalized spacial score (nSPS) is 13.8. The Kier molecular flexibility index (Phi) is 3.41. The molecule has 1 N–H and O–H groups in total. The lowest BCUT2D eigenvalue weighted by molar-refractivity contribution is -0.115. The molecular weight excluding hydrogens is 274 g/mol. The molecule has 7 heteroatoms. The van der Waals surface area contributed by atoms with E-state index in [4.69, 9.17) is 9.26 Å². The Hall–Kier alpha value is -2.67. The van der Waals surface area contributed by atoms with Crippen LogP contribution in [0.1, 0.15) is 16.2 Å². The molecule has 2 heterocycles. The largest absolute Gasteiger partial charge is 0.377 e. The minimum Gasteiger partial charge on any atom is -0.377 e. The van der Waals surface area contributed by atoms with Crippen molar-refractivity contribution in [2.75, 3.05) is 23.9 Å². The number of carbonyl (C=O) groups is 2. The number of ether oxygens (including phenoxy) is 1. The van der Waals surface area contributed by atoms with Gasteiger partial charge in [0, 0.05) is 13.2 Å². The number of aromatic nitrogens is 1. The van der Waals surface area contributed by atoms with Crippen LogP contribution in [-0.2, 0) is 16.1 Å². The number of hydrogen-bond donors (Lipinski definition) is 1. The Morgan fingerprint density at radius 1 is 1.48 bits per heavy atom. The van der Waals surface area contributed by atoms with Crippen molar-refractivity contribution in [3.63, 3.8) is 0 Å². The third-order valence-corrected chi connectivity index (χ3v) is 3.08. The molecule has 0 aliphatic carbocycles. The van der Waals surface area contributed by atoms with E-state index >= 15 is 0 Å². The van der Waals surface area contributed by atoms with Gasteiger partial charge in [0.2, 0.25) is 5.91 Å². The van der Waals surface area contributed by atoms with E-state index in [1.54, 1.807) is 24.3 Å². The summed E-state index contributed by atoms with van der Waals surface area (Å²) in [4.78, 5) is 25.6. The van der Waals surface area contributed by atoms with Crippen LogP contribution in [0.4, 0.5) is 11.4 Å². The van der Waals surface area contributed by atoms with Crippen molar-refractivity contribution in [1.82, 2.24) is 5.16 Å². The molecular formula is C14H13N3O4. The Balaban J connectivity index is 1.92. The van der Waals surface area contributed by atoms with Crippen molar-refractivity contribution >= 4 is 23.2 Å². The summed E-state index contributed by atoms with van der Waals surface area (Å²) in [5.74, 6) is -0.179. The summed E-state index contributed by atoms with van der Waals surface area (Å²) in [6.45, 7) is 0.180. The molecule has 0 radical (unpaired) electrons. The maximum Gasteiger partial charge on any atom is 0.281 e. The van der Waals surface area contributed by atoms with Crippen LogP contribution in [0, 0.1) is 0 Å². The molecule has 0 bridgehead atoms. The lowest BCUT2D eigenvalue weighted by Gasteiger charge is -2.28. The zero-order valence-electron chi connectivity index (χ0n) is 11.3. The van der Waals surface area contributed by atoms with E-state index in [9.17, 15) is 9.59 Å². The van der Waals surface area contributed by atoms with Crippen molar-refractivity contribution in [2.45, 2.75) is 6.61 Å². The lowest BCUT2D eigenvalue weighted by Crippen LogP contribution is -2.42. The van der Waals surface area contributed by atoms with Crippen molar-refractivity contribution in [3.05, 3.63) is 41.8 Å². The predicted molar refractivity (Wildman–Crippen MR) is 74.0 cm³/mol. The number of benzene rings is 1. The fourth-order valence-electron chi connectivity index (χ4n) is 2.18. The van der Waals surface area contributed by atoms with Gasteiger partial charge < -0.3 is 14.6 Å². The fourth-order valence-corrected chi connectivity index (χ4v) is 2.18. The number of fused-ring (bicyclic) bond motifs is 1. The molecule has 0 fully saturated rings. The van der Waals surface area contributed by atoms with E-state index in [1.807, 2.05) is 0 Å². The summed E-state index contributed by atoms with van der Waals surface area (Å²) in [6.07, 6.45) is 0. The highest BCUT2D eigenvalue weighted by Gasteiger charge is 2.29. The number of hydrogen-bond acceptors (Lipinski definition) is 5. The number of nitrogens with zero attached hydrogens (tertiary/aromatic N) is 2. The number of rotatable bonds is 3. The van der Waals surface area contributed by atoms with E-state index in [2.05, 4.69) is 10.5 Å². The van der Waals surface area contributed by atoms with E-state index in [0.29, 0.717) is 17.1 Å². The van der Waals surface area contributed by atoms with Crippen LogP contribution in [-0.4, -0.2) is 30.6 Å². The summed E-state index contributed by atoms with van der Waals surface area (Å²) >= 11 is 0. The first-order valence-corrected chi connectivity index (χ1v) is 6.34. The second kappa shape index (κ2) is 5.37. The zero-order valence-corrected chi connectivity index (χ0v) is 11.3. The zero-order chi connectivity index (χ0) is 14.8. The van der Waals surface area contributed by atoms with Crippen LogP contribution >= 0.6 is 0 Å². The molecule has 1 aliphatic heterocycles. The Morgan fingerprint density at radius 3 is 3.10 bits per heavy atom. The average molecular weight is 287 g/mol. The van der Waals surface area contributed by atoms with Crippen molar-refractivity contribution in [3.8, 4) is 0 Å². The highest BCUT2D eigenvalue weighted by molar-refractivity contribution is 6.14. The van der Waals surface area contributed by atoms with Gasteiger partial charge in [-0.2, -0.15) is 0 Å². The standard InChI is InChI=1S/C14H13N3O4/c1-20-8-9-6-11(16-21-9)14(19)17-7-13(18)15-10-4-2-3-5-12(10)17/h2-6H,7-8H2,1H3,(H,15,18). The van der Waals surface area contributed by atoms with Gasteiger partial charge in [-0.25, -0.2) is 0 Å². The number of para-hydroxylation sites is 2. The van der Waals surface area contributed by atoms with Gasteiger partial charge in [-0.3, -0.25) is 14.5 Å². The Labute approximate surface area is 120 Å². The monoisotopic (exact) mass is 287 g/mol. The van der Waals surface area contributed by atoms with Gasteiger partial charge in [-0.05, 0) is 12.1 Å². The number of methoxy groups -OCH3 is 1. The molecule has 2 amide bonds. The second-order valence-corrected chi connectivity index (χ2v) is 4.57. The van der Waals surface area contributed by atoms with Crippen LogP contribution < -0.4 is 10.2 Å². The van der Waals surface area contributed by atoms with E-state index in [0.717, 1.165) is 0 Å². The summed E-state index contributed by atoms with van der Waals surface area (Å²) in [5.41, 5.74) is 1.38. The van der Waals surface area contributed by atoms with E-state index < -0.39 is 0 Å². The summed E-state index contributed by atoms with van der Waals surface area (Å²) in [5, 5.41) is 6.45. The number of nitrogens with one attached hydrogen (secondary N) is 1. The topological polar surface area (TPSA) is 84.7 Å². The molecule has 2 aromatic rings. The van der Waals surface area contributed by atoms with Crippen LogP contribution in [0.3, 0.4) is 0 Å². The Bertz CT molecular complexity index is 695. The van der Waals surface area contributed by atoms with Gasteiger partial charge >= 0.3 is 0 Å². The van der Waals surface area contributed by atoms with Gasteiger partial charge in [0.1, 0.15) is 13.2 Å². The minimum atomic E-state index is -0.386. The van der Waals surface area contributed by atoms with Crippen molar-refractivity contribution < 1.29 is 18.8 Å². The highest BCUT2D eigenvalue weighted by atomic mass is 16.5. The maximum absolute atomic E-state index is 12.5. The van der Waals surface area contributed by atoms with Crippen LogP contribution in [0.25, 0.3) is 0 Å². The van der Waals surface area contributed by atoms with Crippen LogP contribution in [0.5, 0.6) is 0 Å². The molecule has 0 atom stereocenters. The Morgan fingerprint density at radius 2 is 2.29 bits per heavy atom. The molecule has 1 aromatic carbocycles. The van der Waals surface area contributed by atoms with Gasteiger partial charge in [-0.15, -0.1) is 0 Å². The molecule has 0 saturated heterocycles. The number of amides is 2. The SMILES string of the molecule is COCc1cc(C(=O)N2CC(=O)Nc3ccccc32)no1. The molecule has 1 aromatic heterocycles. The molecule has 7 nitrogen and oxygen atoms in total. The van der Waals surface area contributed by atoms with Gasteiger partial charge in [0.25, 0.3) is 5.91 Å². The van der Waals surface area contributed by atoms with Gasteiger partial charge in [-0.1, -0.05) is 17.3 Å². The molecule has 0 spiro atoms. The van der Waals surface area contributed by atoms with E-state index in [1.165, 1.54) is 18.1 Å². The summed E-state index contributed by atoms with van der Waals surface area (Å²) < 4.78 is 9.93. The highest BCUT2D eigenvalue weighted by Crippen LogP contribution is 2.29. The minimum absolute atomic E-state index is 0.0533.